The molecular formula is C14H16INO4. The molecule has 6 heteroatoms. The second-order valence-electron chi connectivity index (χ2n) is 4.75. The molecule has 0 bridgehead atoms. The Hall–Kier alpha value is -1.15. The number of hydrogen-bond donors (Lipinski definition) is 2. The average molecular weight is 389 g/mol. The molecule has 1 fully saturated rings. The Morgan fingerprint density at radius 2 is 2.15 bits per heavy atom. The third-order valence-electron chi connectivity index (χ3n) is 3.34. The van der Waals surface area contributed by atoms with Gasteiger partial charge in [-0.2, -0.15) is 0 Å². The predicted octanol–water partition coefficient (Wildman–Crippen LogP) is 1.90. The summed E-state index contributed by atoms with van der Waals surface area (Å²) in [6, 6.07) is 6.19. The number of ether oxygens (including phenoxy) is 1. The molecule has 0 aromatic heterocycles. The lowest BCUT2D eigenvalue weighted by Gasteiger charge is -2.28. The molecule has 1 saturated heterocycles. The van der Waals surface area contributed by atoms with E-state index >= 15 is 0 Å². The lowest BCUT2D eigenvalue weighted by Crippen LogP contribution is -2.48. The summed E-state index contributed by atoms with van der Waals surface area (Å²) in [5, 5.41) is 11.9. The fourth-order valence-corrected chi connectivity index (χ4v) is 2.91. The fraction of sp³-hybridized carbons (Fsp3) is 0.429. The van der Waals surface area contributed by atoms with Crippen molar-refractivity contribution in [2.24, 2.45) is 5.92 Å². The van der Waals surface area contributed by atoms with Crippen molar-refractivity contribution in [3.63, 3.8) is 0 Å². The van der Waals surface area contributed by atoms with Crippen LogP contribution in [0.2, 0.25) is 0 Å². The Labute approximate surface area is 130 Å². The summed E-state index contributed by atoms with van der Waals surface area (Å²) < 4.78 is 6.11. The van der Waals surface area contributed by atoms with E-state index in [1.807, 2.05) is 12.1 Å². The maximum atomic E-state index is 12.2. The largest absolute Gasteiger partial charge is 0.480 e. The Kier molecular flexibility index (Phi) is 5.36. The van der Waals surface area contributed by atoms with Crippen LogP contribution < -0.4 is 5.32 Å². The molecule has 1 aliphatic heterocycles. The molecular weight excluding hydrogens is 373 g/mol. The summed E-state index contributed by atoms with van der Waals surface area (Å²) in [7, 11) is 0. The number of nitrogens with one attached hydrogen (secondary N) is 1. The van der Waals surface area contributed by atoms with E-state index in [1.165, 1.54) is 0 Å². The highest BCUT2D eigenvalue weighted by molar-refractivity contribution is 14.1. The molecule has 20 heavy (non-hydrogen) atoms. The van der Waals surface area contributed by atoms with Gasteiger partial charge < -0.3 is 15.2 Å². The van der Waals surface area contributed by atoms with Crippen LogP contribution in [0.4, 0.5) is 0 Å². The van der Waals surface area contributed by atoms with Crippen LogP contribution in [0.25, 0.3) is 0 Å². The van der Waals surface area contributed by atoms with Crippen LogP contribution in [0.5, 0.6) is 0 Å². The van der Waals surface area contributed by atoms with E-state index in [2.05, 4.69) is 27.9 Å². The molecule has 5 nitrogen and oxygen atoms in total. The summed E-state index contributed by atoms with van der Waals surface area (Å²) >= 11 is 2.06. The number of amides is 1. The number of benzene rings is 1. The summed E-state index contributed by atoms with van der Waals surface area (Å²) in [6.45, 7) is 1.04. The highest BCUT2D eigenvalue weighted by Gasteiger charge is 2.31. The number of halogens is 1. The molecule has 2 unspecified atom stereocenters. The van der Waals surface area contributed by atoms with Crippen LogP contribution in [-0.4, -0.2) is 36.2 Å². The lowest BCUT2D eigenvalue weighted by molar-refractivity contribution is -0.142. The smallest absolute Gasteiger partial charge is 0.326 e. The quantitative estimate of drug-likeness (QED) is 0.772. The van der Waals surface area contributed by atoms with Gasteiger partial charge in [-0.25, -0.2) is 4.79 Å². The van der Waals surface area contributed by atoms with Gasteiger partial charge in [0.15, 0.2) is 0 Å². The van der Waals surface area contributed by atoms with Gasteiger partial charge in [-0.05, 0) is 47.6 Å². The van der Waals surface area contributed by atoms with Crippen LogP contribution in [-0.2, 0) is 9.53 Å². The zero-order valence-electron chi connectivity index (χ0n) is 10.8. The molecule has 108 valence electrons. The Bertz CT molecular complexity index is 500. The van der Waals surface area contributed by atoms with Crippen LogP contribution in [0, 0.1) is 9.49 Å². The molecule has 0 radical (unpaired) electrons. The number of carboxylic acids is 1. The topological polar surface area (TPSA) is 75.6 Å². The molecule has 0 spiro atoms. The van der Waals surface area contributed by atoms with Gasteiger partial charge in [0.1, 0.15) is 6.04 Å². The van der Waals surface area contributed by atoms with Gasteiger partial charge in [-0.1, -0.05) is 12.1 Å². The summed E-state index contributed by atoms with van der Waals surface area (Å²) in [5.41, 5.74) is 0.496. The molecule has 1 aliphatic rings. The van der Waals surface area contributed by atoms with E-state index in [1.54, 1.807) is 12.1 Å². The lowest BCUT2D eigenvalue weighted by atomic mass is 9.93. The standard InChI is InChI=1S/C14H16INO4/c15-11-6-2-1-5-10(11)13(17)16-12(14(18)19)9-4-3-7-20-8-9/h1-2,5-6,9,12H,3-4,7-8H2,(H,16,17)(H,18,19). The van der Waals surface area contributed by atoms with E-state index in [-0.39, 0.29) is 11.8 Å². The molecule has 2 rings (SSSR count). The number of carbonyl (C=O) groups is 2. The predicted molar refractivity (Wildman–Crippen MR) is 81.6 cm³/mol. The summed E-state index contributed by atoms with van der Waals surface area (Å²) in [5.74, 6) is -1.54. The van der Waals surface area contributed by atoms with Crippen molar-refractivity contribution in [1.82, 2.24) is 5.32 Å². The number of aliphatic carboxylic acids is 1. The highest BCUT2D eigenvalue weighted by Crippen LogP contribution is 2.19. The van der Waals surface area contributed by atoms with Gasteiger partial charge in [0, 0.05) is 16.1 Å². The summed E-state index contributed by atoms with van der Waals surface area (Å²) in [6.07, 6.45) is 1.58. The van der Waals surface area contributed by atoms with E-state index in [4.69, 9.17) is 4.74 Å². The first-order valence-electron chi connectivity index (χ1n) is 6.45. The number of carbonyl (C=O) groups excluding carboxylic acids is 1. The minimum absolute atomic E-state index is 0.174. The van der Waals surface area contributed by atoms with Crippen LogP contribution in [0.1, 0.15) is 23.2 Å². The maximum absolute atomic E-state index is 12.2. The normalized spacial score (nSPS) is 20.1. The molecule has 1 amide bonds. The number of rotatable bonds is 4. The van der Waals surface area contributed by atoms with Gasteiger partial charge in [0.2, 0.25) is 0 Å². The van der Waals surface area contributed by atoms with Gasteiger partial charge >= 0.3 is 5.97 Å². The van der Waals surface area contributed by atoms with Crippen molar-refractivity contribution in [2.75, 3.05) is 13.2 Å². The second kappa shape index (κ2) is 7.03. The first-order valence-corrected chi connectivity index (χ1v) is 7.53. The van der Waals surface area contributed by atoms with E-state index < -0.39 is 12.0 Å². The summed E-state index contributed by atoms with van der Waals surface area (Å²) in [4.78, 5) is 23.6. The second-order valence-corrected chi connectivity index (χ2v) is 5.91. The minimum Gasteiger partial charge on any atom is -0.480 e. The Morgan fingerprint density at radius 3 is 2.75 bits per heavy atom. The fourth-order valence-electron chi connectivity index (χ4n) is 2.27. The minimum atomic E-state index is -1.01. The Morgan fingerprint density at radius 1 is 1.40 bits per heavy atom. The van der Waals surface area contributed by atoms with Gasteiger partial charge in [0.25, 0.3) is 5.91 Å². The van der Waals surface area contributed by atoms with Crippen molar-refractivity contribution in [3.8, 4) is 0 Å². The Balaban J connectivity index is 2.10. The van der Waals surface area contributed by atoms with Crippen molar-refractivity contribution < 1.29 is 19.4 Å². The molecule has 0 aliphatic carbocycles. The number of carboxylic acid groups (broad SMARTS) is 1. The molecule has 2 atom stereocenters. The SMILES string of the molecule is O=C(NC(C(=O)O)C1CCCOC1)c1ccccc1I. The van der Waals surface area contributed by atoms with E-state index in [0.717, 1.165) is 16.4 Å². The highest BCUT2D eigenvalue weighted by atomic mass is 127. The van der Waals surface area contributed by atoms with Gasteiger partial charge in [-0.3, -0.25) is 4.79 Å². The molecule has 1 aromatic carbocycles. The molecule has 1 aromatic rings. The van der Waals surface area contributed by atoms with E-state index in [0.29, 0.717) is 18.8 Å². The number of hydrogen-bond acceptors (Lipinski definition) is 3. The third kappa shape index (κ3) is 3.69. The van der Waals surface area contributed by atoms with E-state index in [9.17, 15) is 14.7 Å². The first-order chi connectivity index (χ1) is 9.59. The first kappa shape index (κ1) is 15.2. The maximum Gasteiger partial charge on any atom is 0.326 e. The molecule has 0 saturated carbocycles. The van der Waals surface area contributed by atoms with Gasteiger partial charge in [0.05, 0.1) is 12.2 Å². The van der Waals surface area contributed by atoms with Crippen molar-refractivity contribution in [1.29, 1.82) is 0 Å². The van der Waals surface area contributed by atoms with Crippen molar-refractivity contribution in [2.45, 2.75) is 18.9 Å². The zero-order chi connectivity index (χ0) is 14.5. The van der Waals surface area contributed by atoms with Crippen LogP contribution in [0.3, 0.4) is 0 Å². The van der Waals surface area contributed by atoms with Crippen molar-refractivity contribution >= 4 is 34.5 Å². The zero-order valence-corrected chi connectivity index (χ0v) is 13.0. The van der Waals surface area contributed by atoms with Crippen molar-refractivity contribution in [3.05, 3.63) is 33.4 Å². The van der Waals surface area contributed by atoms with Crippen LogP contribution in [0.15, 0.2) is 24.3 Å². The molecule has 1 heterocycles. The monoisotopic (exact) mass is 389 g/mol. The molecule has 2 N–H and O–H groups in total. The van der Waals surface area contributed by atoms with Crippen LogP contribution >= 0.6 is 22.6 Å². The van der Waals surface area contributed by atoms with Gasteiger partial charge in [-0.15, -0.1) is 0 Å². The third-order valence-corrected chi connectivity index (χ3v) is 4.28. The average Bonchev–Trinajstić information content (AvgIpc) is 2.45.